The van der Waals surface area contributed by atoms with Crippen molar-refractivity contribution in [3.63, 3.8) is 0 Å². The lowest BCUT2D eigenvalue weighted by Gasteiger charge is -2.14. The maximum Gasteiger partial charge on any atom is 0.125 e. The van der Waals surface area contributed by atoms with Crippen molar-refractivity contribution in [1.29, 1.82) is 0 Å². The number of aromatic nitrogens is 2. The molecule has 2 rings (SSSR count). The van der Waals surface area contributed by atoms with Crippen molar-refractivity contribution in [2.75, 3.05) is 13.7 Å². The Morgan fingerprint density at radius 1 is 1.20 bits per heavy atom. The maximum atomic E-state index is 6.04. The minimum Gasteiger partial charge on any atom is -0.490 e. The van der Waals surface area contributed by atoms with Crippen LogP contribution in [0.5, 0.6) is 11.5 Å². The van der Waals surface area contributed by atoms with Gasteiger partial charge in [-0.3, -0.25) is 4.68 Å². The third-order valence-electron chi connectivity index (χ3n) is 3.61. The summed E-state index contributed by atoms with van der Waals surface area (Å²) in [4.78, 5) is 4.73. The van der Waals surface area contributed by atoms with Crippen molar-refractivity contribution >= 4 is 6.21 Å². The van der Waals surface area contributed by atoms with Crippen molar-refractivity contribution < 1.29 is 14.3 Å². The van der Waals surface area contributed by atoms with Gasteiger partial charge in [0.05, 0.1) is 6.21 Å². The first-order valence-corrected chi connectivity index (χ1v) is 8.12. The zero-order chi connectivity index (χ0) is 18.2. The number of hydrogen-bond acceptors (Lipinski definition) is 5. The average molecular weight is 343 g/mol. The standard InChI is InChI=1S/C19H25N3O3/c1-6-7-8-24-17-9-14(2)19(15(3)10-17)25-13-16-12-22(4)21-18(16)11-20-23-5/h6-7,9-12H,8,13H2,1-5H3/b7-6+,20-11+. The highest BCUT2D eigenvalue weighted by molar-refractivity contribution is 5.78. The van der Waals surface area contributed by atoms with Crippen LogP contribution in [0.2, 0.25) is 0 Å². The molecule has 0 aliphatic carbocycles. The summed E-state index contributed by atoms with van der Waals surface area (Å²) in [5.41, 5.74) is 3.74. The second kappa shape index (κ2) is 8.92. The van der Waals surface area contributed by atoms with Crippen LogP contribution in [0.3, 0.4) is 0 Å². The second-order valence-corrected chi connectivity index (χ2v) is 5.69. The van der Waals surface area contributed by atoms with E-state index in [0.29, 0.717) is 13.2 Å². The van der Waals surface area contributed by atoms with Crippen LogP contribution in [0.25, 0.3) is 0 Å². The van der Waals surface area contributed by atoms with Crippen molar-refractivity contribution in [2.24, 2.45) is 12.2 Å². The van der Waals surface area contributed by atoms with E-state index in [2.05, 4.69) is 10.3 Å². The van der Waals surface area contributed by atoms with Gasteiger partial charge in [0.1, 0.15) is 37.5 Å². The van der Waals surface area contributed by atoms with E-state index in [1.807, 2.05) is 58.3 Å². The van der Waals surface area contributed by atoms with Gasteiger partial charge in [-0.05, 0) is 44.0 Å². The molecule has 0 saturated carbocycles. The minimum absolute atomic E-state index is 0.402. The van der Waals surface area contributed by atoms with Gasteiger partial charge in [-0.25, -0.2) is 0 Å². The molecule has 0 spiro atoms. The van der Waals surface area contributed by atoms with Gasteiger partial charge in [0.2, 0.25) is 0 Å². The molecule has 0 N–H and O–H groups in total. The highest BCUT2D eigenvalue weighted by Gasteiger charge is 2.11. The zero-order valence-corrected chi connectivity index (χ0v) is 15.4. The van der Waals surface area contributed by atoms with E-state index in [4.69, 9.17) is 14.3 Å². The smallest absolute Gasteiger partial charge is 0.125 e. The first-order valence-electron chi connectivity index (χ1n) is 8.12. The number of aryl methyl sites for hydroxylation is 3. The summed E-state index contributed by atoms with van der Waals surface area (Å²) in [6.07, 6.45) is 7.43. The average Bonchev–Trinajstić information content (AvgIpc) is 2.92. The van der Waals surface area contributed by atoms with Crippen molar-refractivity contribution in [3.05, 3.63) is 52.9 Å². The lowest BCUT2D eigenvalue weighted by molar-refractivity contribution is 0.215. The van der Waals surface area contributed by atoms with Crippen LogP contribution < -0.4 is 9.47 Å². The van der Waals surface area contributed by atoms with Crippen LogP contribution in [0, 0.1) is 13.8 Å². The Balaban J connectivity index is 2.12. The van der Waals surface area contributed by atoms with Gasteiger partial charge >= 0.3 is 0 Å². The molecule has 2 aromatic rings. The Bertz CT molecular complexity index is 740. The van der Waals surface area contributed by atoms with E-state index in [1.54, 1.807) is 10.9 Å². The second-order valence-electron chi connectivity index (χ2n) is 5.69. The van der Waals surface area contributed by atoms with Gasteiger partial charge in [-0.15, -0.1) is 0 Å². The molecule has 0 unspecified atom stereocenters. The number of hydrogen-bond donors (Lipinski definition) is 0. The molecule has 6 heteroatoms. The third-order valence-corrected chi connectivity index (χ3v) is 3.61. The minimum atomic E-state index is 0.402. The predicted octanol–water partition coefficient (Wildman–Crippen LogP) is 3.55. The summed E-state index contributed by atoms with van der Waals surface area (Å²) in [6, 6.07) is 3.98. The van der Waals surface area contributed by atoms with E-state index in [-0.39, 0.29) is 0 Å². The summed E-state index contributed by atoms with van der Waals surface area (Å²) in [6.45, 7) is 6.97. The van der Waals surface area contributed by atoms with E-state index >= 15 is 0 Å². The molecule has 0 fully saturated rings. The summed E-state index contributed by atoms with van der Waals surface area (Å²) < 4.78 is 13.5. The first kappa shape index (κ1) is 18.6. The molecule has 1 aromatic heterocycles. The van der Waals surface area contributed by atoms with Gasteiger partial charge < -0.3 is 14.3 Å². The lowest BCUT2D eigenvalue weighted by Crippen LogP contribution is -2.02. The molecule has 6 nitrogen and oxygen atoms in total. The predicted molar refractivity (Wildman–Crippen MR) is 98.4 cm³/mol. The Kier molecular flexibility index (Phi) is 6.62. The van der Waals surface area contributed by atoms with Gasteiger partial charge in [0, 0.05) is 18.8 Å². The number of allylic oxidation sites excluding steroid dienone is 1. The van der Waals surface area contributed by atoms with Crippen LogP contribution in [0.1, 0.15) is 29.3 Å². The lowest BCUT2D eigenvalue weighted by atomic mass is 10.1. The Labute approximate surface area is 148 Å². The molecule has 0 amide bonds. The first-order chi connectivity index (χ1) is 12.0. The number of benzene rings is 1. The maximum absolute atomic E-state index is 6.04. The fraction of sp³-hybridized carbons (Fsp3) is 0.368. The van der Waals surface area contributed by atoms with Crippen molar-refractivity contribution in [2.45, 2.75) is 27.4 Å². The molecule has 0 atom stereocenters. The normalized spacial score (nSPS) is 11.4. The van der Waals surface area contributed by atoms with Crippen LogP contribution in [-0.2, 0) is 18.5 Å². The summed E-state index contributed by atoms with van der Waals surface area (Å²) in [5, 5.41) is 8.12. The summed E-state index contributed by atoms with van der Waals surface area (Å²) in [7, 11) is 3.36. The molecule has 0 radical (unpaired) electrons. The summed E-state index contributed by atoms with van der Waals surface area (Å²) in [5.74, 6) is 1.70. The van der Waals surface area contributed by atoms with E-state index in [9.17, 15) is 0 Å². The van der Waals surface area contributed by atoms with Crippen LogP contribution >= 0.6 is 0 Å². The van der Waals surface area contributed by atoms with Crippen LogP contribution in [-0.4, -0.2) is 29.7 Å². The number of rotatable bonds is 8. The Morgan fingerprint density at radius 2 is 1.92 bits per heavy atom. The quantitative estimate of drug-likeness (QED) is 0.418. The highest BCUT2D eigenvalue weighted by Crippen LogP contribution is 2.29. The number of ether oxygens (including phenoxy) is 2. The van der Waals surface area contributed by atoms with Crippen LogP contribution in [0.15, 0.2) is 35.6 Å². The van der Waals surface area contributed by atoms with Gasteiger partial charge in [-0.2, -0.15) is 5.10 Å². The molecule has 134 valence electrons. The van der Waals surface area contributed by atoms with Gasteiger partial charge in [-0.1, -0.05) is 17.3 Å². The van der Waals surface area contributed by atoms with Crippen molar-refractivity contribution in [1.82, 2.24) is 9.78 Å². The zero-order valence-electron chi connectivity index (χ0n) is 15.4. The van der Waals surface area contributed by atoms with Gasteiger partial charge in [0.15, 0.2) is 0 Å². The van der Waals surface area contributed by atoms with E-state index < -0.39 is 0 Å². The molecule has 0 bridgehead atoms. The fourth-order valence-corrected chi connectivity index (χ4v) is 2.49. The Morgan fingerprint density at radius 3 is 2.56 bits per heavy atom. The molecule has 0 aliphatic heterocycles. The Hall–Kier alpha value is -2.76. The van der Waals surface area contributed by atoms with Crippen molar-refractivity contribution in [3.8, 4) is 11.5 Å². The molecule has 0 saturated heterocycles. The molecule has 25 heavy (non-hydrogen) atoms. The SMILES string of the molecule is C/C=C/COc1cc(C)c(OCc2cn(C)nc2/C=N/OC)c(C)c1. The molecule has 0 aliphatic rings. The molecular formula is C19H25N3O3. The largest absolute Gasteiger partial charge is 0.490 e. The summed E-state index contributed by atoms with van der Waals surface area (Å²) >= 11 is 0. The van der Waals surface area contributed by atoms with Gasteiger partial charge in [0.25, 0.3) is 0 Å². The highest BCUT2D eigenvalue weighted by atomic mass is 16.6. The fourth-order valence-electron chi connectivity index (χ4n) is 2.49. The monoisotopic (exact) mass is 343 g/mol. The molecular weight excluding hydrogens is 318 g/mol. The topological polar surface area (TPSA) is 57.9 Å². The molecule has 1 aromatic carbocycles. The van der Waals surface area contributed by atoms with E-state index in [1.165, 1.54) is 7.11 Å². The number of nitrogens with zero attached hydrogens (tertiary/aromatic N) is 3. The third kappa shape index (κ3) is 5.11. The van der Waals surface area contributed by atoms with E-state index in [0.717, 1.165) is 33.9 Å². The van der Waals surface area contributed by atoms with Crippen LogP contribution in [0.4, 0.5) is 0 Å². The number of oxime groups is 1. The molecule has 1 heterocycles.